The molecule has 0 aromatic rings. The Hall–Kier alpha value is -0.0800. The number of hydrogen-bond donors (Lipinski definition) is 2. The largest absolute Gasteiger partial charge is 0.388 e. The highest BCUT2D eigenvalue weighted by Crippen LogP contribution is 2.37. The second-order valence-corrected chi connectivity index (χ2v) is 7.51. The molecule has 1 saturated carbocycles. The maximum absolute atomic E-state index is 10.5. The highest BCUT2D eigenvalue weighted by Gasteiger charge is 2.38. The third kappa shape index (κ3) is 4.72. The van der Waals surface area contributed by atoms with E-state index >= 15 is 0 Å². The number of ether oxygens (including phenoxy) is 1. The Morgan fingerprint density at radius 1 is 1.17 bits per heavy atom. The van der Waals surface area contributed by atoms with Gasteiger partial charge in [0.15, 0.2) is 5.96 Å². The van der Waals surface area contributed by atoms with Crippen LogP contribution < -0.4 is 5.32 Å². The second kappa shape index (κ2) is 8.34. The van der Waals surface area contributed by atoms with Crippen LogP contribution in [0.15, 0.2) is 4.99 Å². The fraction of sp³-hybridized carbons (Fsp3) is 0.941. The van der Waals surface area contributed by atoms with E-state index in [1.165, 1.54) is 25.7 Å². The maximum atomic E-state index is 10.5. The van der Waals surface area contributed by atoms with Crippen LogP contribution in [-0.2, 0) is 4.74 Å². The van der Waals surface area contributed by atoms with Gasteiger partial charge in [0.25, 0.3) is 0 Å². The number of likely N-dealkylation sites (tertiary alicyclic amines) is 1. The van der Waals surface area contributed by atoms with Gasteiger partial charge < -0.3 is 20.1 Å². The van der Waals surface area contributed by atoms with Crippen molar-refractivity contribution in [1.82, 2.24) is 10.2 Å². The monoisotopic (exact) mass is 437 g/mol. The van der Waals surface area contributed by atoms with Crippen LogP contribution in [-0.4, -0.2) is 61.5 Å². The molecule has 1 atom stereocenters. The summed E-state index contributed by atoms with van der Waals surface area (Å²) in [5, 5.41) is 13.9. The number of guanidine groups is 1. The number of rotatable bonds is 2. The van der Waals surface area contributed by atoms with Gasteiger partial charge in [-0.3, -0.25) is 4.99 Å². The molecule has 3 aliphatic rings. The van der Waals surface area contributed by atoms with Gasteiger partial charge >= 0.3 is 0 Å². The molecular formula is C17H32IN3O2. The first-order valence-electron chi connectivity index (χ1n) is 8.91. The fourth-order valence-corrected chi connectivity index (χ4v) is 4.41. The number of piperidine rings is 1. The van der Waals surface area contributed by atoms with Crippen molar-refractivity contribution in [3.8, 4) is 0 Å². The average Bonchev–Trinajstić information content (AvgIpc) is 2.96. The molecule has 2 heterocycles. The minimum Gasteiger partial charge on any atom is -0.388 e. The van der Waals surface area contributed by atoms with Gasteiger partial charge in [-0.05, 0) is 38.5 Å². The maximum Gasteiger partial charge on any atom is 0.193 e. The molecule has 5 nitrogen and oxygen atoms in total. The van der Waals surface area contributed by atoms with Gasteiger partial charge in [-0.15, -0.1) is 24.0 Å². The SMILES string of the molecule is CN=C(NCC1(O)CCCC1)N1CCCC2(CCCOC2)C1.I. The van der Waals surface area contributed by atoms with Crippen molar-refractivity contribution in [2.24, 2.45) is 10.4 Å². The van der Waals surface area contributed by atoms with Gasteiger partial charge in [-0.25, -0.2) is 0 Å². The minimum absolute atomic E-state index is 0. The number of nitrogens with one attached hydrogen (secondary N) is 1. The van der Waals surface area contributed by atoms with Gasteiger partial charge in [-0.2, -0.15) is 0 Å². The lowest BCUT2D eigenvalue weighted by Gasteiger charge is -2.46. The molecule has 0 aromatic carbocycles. The lowest BCUT2D eigenvalue weighted by atomic mass is 9.76. The van der Waals surface area contributed by atoms with Crippen molar-refractivity contribution >= 4 is 29.9 Å². The molecule has 0 aromatic heterocycles. The van der Waals surface area contributed by atoms with Crippen molar-refractivity contribution in [2.75, 3.05) is 39.9 Å². The van der Waals surface area contributed by atoms with Crippen LogP contribution in [0.25, 0.3) is 0 Å². The van der Waals surface area contributed by atoms with Gasteiger partial charge in [0.05, 0.1) is 12.2 Å². The summed E-state index contributed by atoms with van der Waals surface area (Å²) >= 11 is 0. The summed E-state index contributed by atoms with van der Waals surface area (Å²) in [6, 6.07) is 0. The fourth-order valence-electron chi connectivity index (χ4n) is 4.41. The first-order chi connectivity index (χ1) is 10.6. The Morgan fingerprint density at radius 2 is 1.91 bits per heavy atom. The van der Waals surface area contributed by atoms with Crippen LogP contribution in [0.3, 0.4) is 0 Å². The van der Waals surface area contributed by atoms with Crippen molar-refractivity contribution in [2.45, 2.75) is 57.0 Å². The lowest BCUT2D eigenvalue weighted by molar-refractivity contribution is -0.0373. The van der Waals surface area contributed by atoms with Crippen molar-refractivity contribution < 1.29 is 9.84 Å². The van der Waals surface area contributed by atoms with E-state index in [2.05, 4.69) is 15.2 Å². The number of hydrogen-bond acceptors (Lipinski definition) is 3. The molecule has 0 amide bonds. The third-order valence-electron chi connectivity index (χ3n) is 5.69. The average molecular weight is 437 g/mol. The molecule has 3 rings (SSSR count). The predicted octanol–water partition coefficient (Wildman–Crippen LogP) is 2.38. The second-order valence-electron chi connectivity index (χ2n) is 7.51. The summed E-state index contributed by atoms with van der Waals surface area (Å²) in [5.74, 6) is 0.949. The number of aliphatic hydroxyl groups is 1. The van der Waals surface area contributed by atoms with Crippen LogP contribution in [0.1, 0.15) is 51.4 Å². The van der Waals surface area contributed by atoms with Crippen molar-refractivity contribution in [1.29, 1.82) is 0 Å². The van der Waals surface area contributed by atoms with E-state index in [1.807, 2.05) is 7.05 Å². The van der Waals surface area contributed by atoms with E-state index in [0.29, 0.717) is 12.0 Å². The molecule has 2 aliphatic heterocycles. The zero-order chi connectivity index (χ0) is 15.5. The van der Waals surface area contributed by atoms with Gasteiger partial charge in [0, 0.05) is 38.7 Å². The number of aliphatic imine (C=N–C) groups is 1. The van der Waals surface area contributed by atoms with Gasteiger partial charge in [0.1, 0.15) is 0 Å². The topological polar surface area (TPSA) is 57.1 Å². The Kier molecular flexibility index (Phi) is 6.98. The Morgan fingerprint density at radius 3 is 2.57 bits per heavy atom. The molecule has 1 spiro atoms. The van der Waals surface area contributed by atoms with Crippen LogP contribution in [0.5, 0.6) is 0 Å². The number of halogens is 1. The first kappa shape index (κ1) is 19.2. The Bertz CT molecular complexity index is 399. The standard InChI is InChI=1S/C17H31N3O2.HI/c1-18-15(19-12-17(21)8-2-3-9-17)20-10-4-6-16(13-20)7-5-11-22-14-16;/h21H,2-14H2,1H3,(H,18,19);1H. The summed E-state index contributed by atoms with van der Waals surface area (Å²) in [7, 11) is 1.85. The van der Waals surface area contributed by atoms with E-state index in [9.17, 15) is 5.11 Å². The van der Waals surface area contributed by atoms with Crippen LogP contribution in [0.2, 0.25) is 0 Å². The summed E-state index contributed by atoms with van der Waals surface area (Å²) in [4.78, 5) is 6.83. The molecule has 0 radical (unpaired) electrons. The Labute approximate surface area is 157 Å². The lowest BCUT2D eigenvalue weighted by Crippen LogP contribution is -2.54. The zero-order valence-corrected chi connectivity index (χ0v) is 16.7. The molecule has 3 fully saturated rings. The van der Waals surface area contributed by atoms with E-state index < -0.39 is 5.60 Å². The van der Waals surface area contributed by atoms with Crippen LogP contribution >= 0.6 is 24.0 Å². The molecule has 23 heavy (non-hydrogen) atoms. The molecule has 2 saturated heterocycles. The first-order valence-corrected chi connectivity index (χ1v) is 8.91. The summed E-state index contributed by atoms with van der Waals surface area (Å²) in [6.07, 6.45) is 9.02. The highest BCUT2D eigenvalue weighted by atomic mass is 127. The normalized spacial score (nSPS) is 31.0. The van der Waals surface area contributed by atoms with E-state index in [4.69, 9.17) is 4.74 Å². The molecule has 1 unspecified atom stereocenters. The molecule has 6 heteroatoms. The van der Waals surface area contributed by atoms with E-state index in [0.717, 1.165) is 57.9 Å². The molecule has 0 bridgehead atoms. The minimum atomic E-state index is -0.530. The van der Waals surface area contributed by atoms with Crippen molar-refractivity contribution in [3.05, 3.63) is 0 Å². The molecule has 2 N–H and O–H groups in total. The molecule has 1 aliphatic carbocycles. The summed E-state index contributed by atoms with van der Waals surface area (Å²) in [5.41, 5.74) is -0.213. The van der Waals surface area contributed by atoms with Gasteiger partial charge in [-0.1, -0.05) is 12.8 Å². The summed E-state index contributed by atoms with van der Waals surface area (Å²) in [6.45, 7) is 4.52. The van der Waals surface area contributed by atoms with Crippen molar-refractivity contribution in [3.63, 3.8) is 0 Å². The highest BCUT2D eigenvalue weighted by molar-refractivity contribution is 14.0. The van der Waals surface area contributed by atoms with Crippen LogP contribution in [0, 0.1) is 5.41 Å². The smallest absolute Gasteiger partial charge is 0.193 e. The van der Waals surface area contributed by atoms with Crippen LogP contribution in [0.4, 0.5) is 0 Å². The molecular weight excluding hydrogens is 405 g/mol. The van der Waals surface area contributed by atoms with E-state index in [-0.39, 0.29) is 24.0 Å². The predicted molar refractivity (Wildman–Crippen MR) is 103 cm³/mol. The quantitative estimate of drug-likeness (QED) is 0.396. The van der Waals surface area contributed by atoms with Gasteiger partial charge in [0.2, 0.25) is 0 Å². The number of nitrogens with zero attached hydrogens (tertiary/aromatic N) is 2. The summed E-state index contributed by atoms with van der Waals surface area (Å²) < 4.78 is 5.75. The zero-order valence-electron chi connectivity index (χ0n) is 14.4. The third-order valence-corrected chi connectivity index (χ3v) is 5.69. The van der Waals surface area contributed by atoms with E-state index in [1.54, 1.807) is 0 Å². The molecule has 134 valence electrons. The Balaban J connectivity index is 0.00000192.